The van der Waals surface area contributed by atoms with Crippen molar-refractivity contribution >= 4 is 17.7 Å². The van der Waals surface area contributed by atoms with Crippen molar-refractivity contribution < 1.29 is 33.0 Å². The zero-order valence-corrected chi connectivity index (χ0v) is 16.6. The summed E-state index contributed by atoms with van der Waals surface area (Å²) in [5, 5.41) is 2.57. The van der Waals surface area contributed by atoms with E-state index in [1.807, 2.05) is 0 Å². The van der Waals surface area contributed by atoms with Gasteiger partial charge < -0.3 is 19.5 Å². The maximum Gasteiger partial charge on any atom is 0.329 e. The van der Waals surface area contributed by atoms with E-state index in [0.29, 0.717) is 30.3 Å². The Kier molecular flexibility index (Phi) is 6.66. The van der Waals surface area contributed by atoms with Gasteiger partial charge in [0.15, 0.2) is 23.9 Å². The number of rotatable bonds is 7. The molecule has 1 N–H and O–H groups in total. The first-order valence-corrected chi connectivity index (χ1v) is 9.51. The summed E-state index contributed by atoms with van der Waals surface area (Å²) in [4.78, 5) is 37.2. The molecule has 0 bridgehead atoms. The molecule has 3 rings (SSSR count). The van der Waals surface area contributed by atoms with Crippen LogP contribution >= 0.6 is 0 Å². The Morgan fingerprint density at radius 2 is 1.63 bits per heavy atom. The third kappa shape index (κ3) is 5.14. The van der Waals surface area contributed by atoms with E-state index < -0.39 is 36.1 Å². The van der Waals surface area contributed by atoms with Crippen molar-refractivity contribution in [3.05, 3.63) is 59.4 Å². The monoisotopic (exact) mass is 415 g/mol. The highest BCUT2D eigenvalue weighted by Crippen LogP contribution is 2.30. The molecule has 1 aliphatic heterocycles. The highest BCUT2D eigenvalue weighted by Gasteiger charge is 2.27. The van der Waals surface area contributed by atoms with Crippen LogP contribution in [0, 0.1) is 11.7 Å². The van der Waals surface area contributed by atoms with E-state index in [9.17, 15) is 18.8 Å². The van der Waals surface area contributed by atoms with Crippen molar-refractivity contribution in [2.45, 2.75) is 19.9 Å². The molecule has 0 aromatic heterocycles. The molecule has 0 aliphatic carbocycles. The highest BCUT2D eigenvalue weighted by atomic mass is 19.1. The fraction of sp³-hybridized carbons (Fsp3) is 0.318. The lowest BCUT2D eigenvalue weighted by Crippen LogP contribution is -2.45. The normalized spacial score (nSPS) is 13.5. The molecule has 2 aromatic rings. The maximum atomic E-state index is 13.0. The number of hydrogen-bond donors (Lipinski definition) is 1. The van der Waals surface area contributed by atoms with Gasteiger partial charge in [-0.2, -0.15) is 0 Å². The molecule has 0 unspecified atom stereocenters. The molecule has 0 spiro atoms. The number of hydrogen-bond acceptors (Lipinski definition) is 6. The molecular formula is C22H22FNO6. The van der Waals surface area contributed by atoms with Crippen LogP contribution in [0.2, 0.25) is 0 Å². The van der Waals surface area contributed by atoms with E-state index in [1.54, 1.807) is 32.0 Å². The predicted molar refractivity (Wildman–Crippen MR) is 105 cm³/mol. The number of esters is 1. The van der Waals surface area contributed by atoms with E-state index in [1.165, 1.54) is 12.1 Å². The molecule has 158 valence electrons. The Morgan fingerprint density at radius 3 is 2.30 bits per heavy atom. The largest absolute Gasteiger partial charge is 0.486 e. The average molecular weight is 415 g/mol. The Labute approximate surface area is 173 Å². The lowest BCUT2D eigenvalue weighted by Gasteiger charge is -2.21. The number of amides is 1. The van der Waals surface area contributed by atoms with Gasteiger partial charge in [0.25, 0.3) is 5.91 Å². The van der Waals surface area contributed by atoms with Crippen LogP contribution in [-0.4, -0.2) is 43.5 Å². The minimum absolute atomic E-state index is 0.210. The van der Waals surface area contributed by atoms with Crippen LogP contribution in [0.15, 0.2) is 42.5 Å². The van der Waals surface area contributed by atoms with Crippen molar-refractivity contribution in [1.82, 2.24) is 5.32 Å². The van der Waals surface area contributed by atoms with Gasteiger partial charge in [-0.15, -0.1) is 0 Å². The van der Waals surface area contributed by atoms with Gasteiger partial charge in [0.05, 0.1) is 0 Å². The molecular weight excluding hydrogens is 393 g/mol. The Morgan fingerprint density at radius 1 is 1.00 bits per heavy atom. The van der Waals surface area contributed by atoms with Crippen LogP contribution < -0.4 is 14.8 Å². The van der Waals surface area contributed by atoms with Crippen LogP contribution in [0.25, 0.3) is 0 Å². The molecule has 0 radical (unpaired) electrons. The lowest BCUT2D eigenvalue weighted by molar-refractivity contribution is -0.145. The van der Waals surface area contributed by atoms with Gasteiger partial charge in [-0.25, -0.2) is 9.18 Å². The SMILES string of the molecule is CC(C)[C@H](NC(=O)c1ccc(F)cc1)C(=O)OCC(=O)c1ccc2c(c1)OCCO2. The zero-order valence-electron chi connectivity index (χ0n) is 16.6. The third-order valence-electron chi connectivity index (χ3n) is 4.52. The summed E-state index contributed by atoms with van der Waals surface area (Å²) in [6.07, 6.45) is 0. The van der Waals surface area contributed by atoms with Gasteiger partial charge in [0.2, 0.25) is 0 Å². The smallest absolute Gasteiger partial charge is 0.329 e. The molecule has 7 nitrogen and oxygen atoms in total. The molecule has 0 fully saturated rings. The molecule has 0 saturated heterocycles. The number of Topliss-reactive ketones (excluding diaryl/α,β-unsaturated/α-hetero) is 1. The molecule has 1 amide bonds. The van der Waals surface area contributed by atoms with E-state index in [-0.39, 0.29) is 11.5 Å². The first-order chi connectivity index (χ1) is 14.3. The fourth-order valence-electron chi connectivity index (χ4n) is 2.85. The van der Waals surface area contributed by atoms with Crippen molar-refractivity contribution in [3.8, 4) is 11.5 Å². The number of nitrogens with one attached hydrogen (secondary N) is 1. The highest BCUT2D eigenvalue weighted by molar-refractivity contribution is 5.99. The van der Waals surface area contributed by atoms with Crippen LogP contribution in [-0.2, 0) is 9.53 Å². The van der Waals surface area contributed by atoms with Crippen molar-refractivity contribution in [1.29, 1.82) is 0 Å². The molecule has 1 heterocycles. The lowest BCUT2D eigenvalue weighted by atomic mass is 10.0. The van der Waals surface area contributed by atoms with Gasteiger partial charge in [-0.05, 0) is 48.4 Å². The predicted octanol–water partition coefficient (Wildman–Crippen LogP) is 2.78. The van der Waals surface area contributed by atoms with Crippen molar-refractivity contribution in [2.75, 3.05) is 19.8 Å². The molecule has 0 saturated carbocycles. The number of halogens is 1. The Hall–Kier alpha value is -3.42. The minimum Gasteiger partial charge on any atom is -0.486 e. The maximum absolute atomic E-state index is 13.0. The first-order valence-electron chi connectivity index (χ1n) is 9.51. The van der Waals surface area contributed by atoms with Crippen LogP contribution in [0.1, 0.15) is 34.6 Å². The van der Waals surface area contributed by atoms with E-state index in [0.717, 1.165) is 12.1 Å². The van der Waals surface area contributed by atoms with Crippen molar-refractivity contribution in [3.63, 3.8) is 0 Å². The second-order valence-electron chi connectivity index (χ2n) is 7.09. The number of benzene rings is 2. The summed E-state index contributed by atoms with van der Waals surface area (Å²) < 4.78 is 29.0. The number of ether oxygens (including phenoxy) is 3. The number of carbonyl (C=O) groups excluding carboxylic acids is 3. The summed E-state index contributed by atoms with van der Waals surface area (Å²) >= 11 is 0. The second kappa shape index (κ2) is 9.39. The summed E-state index contributed by atoms with van der Waals surface area (Å²) in [6.45, 7) is 3.83. The summed E-state index contributed by atoms with van der Waals surface area (Å²) in [5.41, 5.74) is 0.533. The van der Waals surface area contributed by atoms with Gasteiger partial charge in [-0.3, -0.25) is 9.59 Å². The molecule has 1 atom stereocenters. The van der Waals surface area contributed by atoms with Crippen LogP contribution in [0.5, 0.6) is 11.5 Å². The zero-order chi connectivity index (χ0) is 21.7. The number of fused-ring (bicyclic) bond motifs is 1. The molecule has 30 heavy (non-hydrogen) atoms. The summed E-state index contributed by atoms with van der Waals surface area (Å²) in [5.74, 6) is -1.42. The third-order valence-corrected chi connectivity index (χ3v) is 4.52. The van der Waals surface area contributed by atoms with E-state index in [4.69, 9.17) is 14.2 Å². The minimum atomic E-state index is -0.962. The van der Waals surface area contributed by atoms with Crippen LogP contribution in [0.3, 0.4) is 0 Å². The van der Waals surface area contributed by atoms with Crippen molar-refractivity contribution in [2.24, 2.45) is 5.92 Å². The molecule has 8 heteroatoms. The average Bonchev–Trinajstić information content (AvgIpc) is 2.75. The van der Waals surface area contributed by atoms with Gasteiger partial charge >= 0.3 is 5.97 Å². The quantitative estimate of drug-likeness (QED) is 0.552. The standard InChI is InChI=1S/C22H22FNO6/c1-13(2)20(24-21(26)14-3-6-16(23)7-4-14)22(27)30-12-17(25)15-5-8-18-19(11-15)29-10-9-28-18/h3-8,11,13,20H,9-10,12H2,1-2H3,(H,24,26)/t20-/m0/s1. The van der Waals surface area contributed by atoms with Gasteiger partial charge in [0, 0.05) is 11.1 Å². The summed E-state index contributed by atoms with van der Waals surface area (Å²) in [6, 6.07) is 8.73. The Balaban J connectivity index is 1.60. The van der Waals surface area contributed by atoms with Gasteiger partial charge in [-0.1, -0.05) is 13.8 Å². The molecule has 2 aromatic carbocycles. The second-order valence-corrected chi connectivity index (χ2v) is 7.09. The van der Waals surface area contributed by atoms with E-state index >= 15 is 0 Å². The summed E-state index contributed by atoms with van der Waals surface area (Å²) in [7, 11) is 0. The Bertz CT molecular complexity index is 941. The van der Waals surface area contributed by atoms with Crippen LogP contribution in [0.4, 0.5) is 4.39 Å². The fourth-order valence-corrected chi connectivity index (χ4v) is 2.85. The number of ketones is 1. The first kappa shape index (κ1) is 21.3. The van der Waals surface area contributed by atoms with E-state index in [2.05, 4.69) is 5.32 Å². The topological polar surface area (TPSA) is 90.9 Å². The number of carbonyl (C=O) groups is 3. The molecule has 1 aliphatic rings. The van der Waals surface area contributed by atoms with Gasteiger partial charge in [0.1, 0.15) is 25.1 Å².